The molecule has 1 N–H and O–H groups in total. The number of amides is 1. The fourth-order valence-corrected chi connectivity index (χ4v) is 5.69. The fraction of sp³-hybridized carbons (Fsp3) is 0.217. The summed E-state index contributed by atoms with van der Waals surface area (Å²) in [6.45, 7) is 0. The standard InChI is InChI=1S/C23H20ClNO3S2/c1-28-23(27)20-18-3-2-4-19(18)30-22(20)25-21(26)15-7-5-14(6-8-15)13-29-17-11-9-16(24)10-12-17/h5-12H,2-4,13H2,1H3,(H,25,26). The van der Waals surface area contributed by atoms with Gasteiger partial charge in [-0.3, -0.25) is 4.79 Å². The number of fused-ring (bicyclic) bond motifs is 1. The number of hydrogen-bond acceptors (Lipinski definition) is 5. The van der Waals surface area contributed by atoms with Crippen molar-refractivity contribution in [1.29, 1.82) is 0 Å². The Morgan fingerprint density at radius 2 is 1.83 bits per heavy atom. The third kappa shape index (κ3) is 4.56. The summed E-state index contributed by atoms with van der Waals surface area (Å²) in [5.74, 6) is 0.185. The molecular weight excluding hydrogens is 438 g/mol. The van der Waals surface area contributed by atoms with E-state index in [1.165, 1.54) is 23.3 Å². The second kappa shape index (κ2) is 9.25. The molecular formula is C23H20ClNO3S2. The molecule has 154 valence electrons. The van der Waals surface area contributed by atoms with Crippen LogP contribution in [0.1, 0.15) is 43.1 Å². The molecule has 0 aliphatic heterocycles. The number of nitrogens with one attached hydrogen (secondary N) is 1. The van der Waals surface area contributed by atoms with E-state index in [9.17, 15) is 9.59 Å². The predicted octanol–water partition coefficient (Wildman–Crippen LogP) is 6.22. The van der Waals surface area contributed by atoms with Crippen molar-refractivity contribution in [3.63, 3.8) is 0 Å². The van der Waals surface area contributed by atoms with Crippen molar-refractivity contribution < 1.29 is 14.3 Å². The van der Waals surface area contributed by atoms with Crippen molar-refractivity contribution in [2.24, 2.45) is 0 Å². The summed E-state index contributed by atoms with van der Waals surface area (Å²) in [4.78, 5) is 27.3. The Bertz CT molecular complexity index is 1080. The Kier molecular flexibility index (Phi) is 6.46. The largest absolute Gasteiger partial charge is 0.465 e. The minimum Gasteiger partial charge on any atom is -0.465 e. The van der Waals surface area contributed by atoms with Crippen LogP contribution in [0.15, 0.2) is 53.4 Å². The van der Waals surface area contributed by atoms with Crippen molar-refractivity contribution in [2.75, 3.05) is 12.4 Å². The van der Waals surface area contributed by atoms with Crippen LogP contribution in [0.25, 0.3) is 0 Å². The first kappa shape index (κ1) is 21.0. The topological polar surface area (TPSA) is 55.4 Å². The van der Waals surface area contributed by atoms with E-state index < -0.39 is 0 Å². The van der Waals surface area contributed by atoms with Crippen molar-refractivity contribution in [3.05, 3.63) is 80.7 Å². The second-order valence-electron chi connectivity index (χ2n) is 6.95. The molecule has 1 amide bonds. The van der Waals surface area contributed by atoms with Gasteiger partial charge in [0, 0.05) is 26.1 Å². The number of halogens is 1. The third-order valence-corrected chi connectivity index (χ3v) is 7.52. The number of esters is 1. The Hall–Kier alpha value is -2.28. The number of ether oxygens (including phenoxy) is 1. The van der Waals surface area contributed by atoms with Gasteiger partial charge in [-0.15, -0.1) is 23.1 Å². The van der Waals surface area contributed by atoms with Gasteiger partial charge in [-0.1, -0.05) is 23.7 Å². The smallest absolute Gasteiger partial charge is 0.341 e. The van der Waals surface area contributed by atoms with Crippen molar-refractivity contribution in [3.8, 4) is 0 Å². The molecule has 1 aliphatic carbocycles. The minimum absolute atomic E-state index is 0.225. The molecule has 30 heavy (non-hydrogen) atoms. The van der Waals surface area contributed by atoms with Crippen LogP contribution in [0.4, 0.5) is 5.00 Å². The highest BCUT2D eigenvalue weighted by Crippen LogP contribution is 2.39. The zero-order valence-electron chi connectivity index (χ0n) is 16.4. The highest BCUT2D eigenvalue weighted by atomic mass is 35.5. The maximum atomic E-state index is 12.8. The molecule has 0 spiro atoms. The number of hydrogen-bond donors (Lipinski definition) is 1. The lowest BCUT2D eigenvalue weighted by atomic mass is 10.1. The molecule has 0 bridgehead atoms. The molecule has 1 aliphatic rings. The quantitative estimate of drug-likeness (QED) is 0.352. The maximum Gasteiger partial charge on any atom is 0.341 e. The van der Waals surface area contributed by atoms with Crippen LogP contribution in [0.3, 0.4) is 0 Å². The van der Waals surface area contributed by atoms with E-state index in [1.807, 2.05) is 48.5 Å². The Morgan fingerprint density at radius 3 is 2.53 bits per heavy atom. The first-order valence-corrected chi connectivity index (χ1v) is 11.7. The van der Waals surface area contributed by atoms with Crippen molar-refractivity contribution in [1.82, 2.24) is 0 Å². The summed E-state index contributed by atoms with van der Waals surface area (Å²) in [5, 5.41) is 4.22. The van der Waals surface area contributed by atoms with Crippen molar-refractivity contribution in [2.45, 2.75) is 29.9 Å². The van der Waals surface area contributed by atoms with Gasteiger partial charge in [0.25, 0.3) is 5.91 Å². The molecule has 0 fully saturated rings. The summed E-state index contributed by atoms with van der Waals surface area (Å²) in [5.41, 5.74) is 3.22. The van der Waals surface area contributed by atoms with Crippen LogP contribution < -0.4 is 5.32 Å². The number of benzene rings is 2. The van der Waals surface area contributed by atoms with Gasteiger partial charge in [-0.05, 0) is 66.8 Å². The van der Waals surface area contributed by atoms with E-state index >= 15 is 0 Å². The predicted molar refractivity (Wildman–Crippen MR) is 123 cm³/mol. The van der Waals surface area contributed by atoms with Crippen LogP contribution >= 0.6 is 34.7 Å². The second-order valence-corrected chi connectivity index (χ2v) is 9.54. The number of methoxy groups -OCH3 is 1. The SMILES string of the molecule is COC(=O)c1c(NC(=O)c2ccc(CSc3ccc(Cl)cc3)cc2)sc2c1CCC2. The van der Waals surface area contributed by atoms with E-state index in [0.29, 0.717) is 16.1 Å². The molecule has 1 aromatic heterocycles. The van der Waals surface area contributed by atoms with Gasteiger partial charge in [0.05, 0.1) is 12.7 Å². The molecule has 0 radical (unpaired) electrons. The van der Waals surface area contributed by atoms with E-state index in [1.54, 1.807) is 11.8 Å². The van der Waals surface area contributed by atoms with E-state index in [-0.39, 0.29) is 11.9 Å². The lowest BCUT2D eigenvalue weighted by molar-refractivity contribution is 0.0601. The van der Waals surface area contributed by atoms with Crippen LogP contribution in [0.5, 0.6) is 0 Å². The van der Waals surface area contributed by atoms with Gasteiger partial charge in [0.2, 0.25) is 0 Å². The summed E-state index contributed by atoms with van der Waals surface area (Å²) in [6, 6.07) is 15.3. The fourth-order valence-electron chi connectivity index (χ4n) is 3.44. The normalized spacial score (nSPS) is 12.5. The van der Waals surface area contributed by atoms with Gasteiger partial charge in [0.1, 0.15) is 5.00 Å². The average Bonchev–Trinajstić information content (AvgIpc) is 3.34. The molecule has 2 aromatic carbocycles. The number of rotatable bonds is 6. The highest BCUT2D eigenvalue weighted by Gasteiger charge is 2.28. The summed E-state index contributed by atoms with van der Waals surface area (Å²) in [7, 11) is 1.37. The number of thiophene rings is 1. The van der Waals surface area contributed by atoms with E-state index in [0.717, 1.165) is 46.1 Å². The average molecular weight is 458 g/mol. The Morgan fingerprint density at radius 1 is 1.10 bits per heavy atom. The molecule has 4 rings (SSSR count). The Balaban J connectivity index is 1.43. The van der Waals surface area contributed by atoms with Crippen LogP contribution in [-0.4, -0.2) is 19.0 Å². The summed E-state index contributed by atoms with van der Waals surface area (Å²) in [6.07, 6.45) is 2.83. The molecule has 4 nitrogen and oxygen atoms in total. The first-order valence-electron chi connectivity index (χ1n) is 9.56. The number of aryl methyl sites for hydroxylation is 1. The lowest BCUT2D eigenvalue weighted by Gasteiger charge is -2.08. The van der Waals surface area contributed by atoms with Gasteiger partial charge >= 0.3 is 5.97 Å². The summed E-state index contributed by atoms with van der Waals surface area (Å²) < 4.78 is 4.94. The number of carbonyl (C=O) groups is 2. The van der Waals surface area contributed by atoms with E-state index in [2.05, 4.69) is 5.32 Å². The zero-order valence-corrected chi connectivity index (χ0v) is 18.8. The maximum absolute atomic E-state index is 12.8. The molecule has 7 heteroatoms. The molecule has 1 heterocycles. The molecule has 0 unspecified atom stereocenters. The first-order chi connectivity index (χ1) is 14.5. The molecule has 0 atom stereocenters. The van der Waals surface area contributed by atoms with Gasteiger partial charge < -0.3 is 10.1 Å². The summed E-state index contributed by atoms with van der Waals surface area (Å²) >= 11 is 9.11. The van der Waals surface area contributed by atoms with Crippen LogP contribution in [0.2, 0.25) is 5.02 Å². The zero-order chi connectivity index (χ0) is 21.1. The minimum atomic E-state index is -0.390. The van der Waals surface area contributed by atoms with Gasteiger partial charge in [0.15, 0.2) is 0 Å². The van der Waals surface area contributed by atoms with E-state index in [4.69, 9.17) is 16.3 Å². The Labute approximate surface area is 188 Å². The van der Waals surface area contributed by atoms with Gasteiger partial charge in [-0.25, -0.2) is 4.79 Å². The van der Waals surface area contributed by atoms with Gasteiger partial charge in [-0.2, -0.15) is 0 Å². The number of thioether (sulfide) groups is 1. The highest BCUT2D eigenvalue weighted by molar-refractivity contribution is 7.98. The molecule has 3 aromatic rings. The van der Waals surface area contributed by atoms with Crippen molar-refractivity contribution >= 4 is 51.6 Å². The lowest BCUT2D eigenvalue weighted by Crippen LogP contribution is -2.14. The number of carbonyl (C=O) groups excluding carboxylic acids is 2. The van der Waals surface area contributed by atoms with Crippen LogP contribution in [-0.2, 0) is 23.3 Å². The van der Waals surface area contributed by atoms with Crippen LogP contribution in [0, 0.1) is 0 Å². The third-order valence-electron chi connectivity index (χ3n) is 4.97. The number of anilines is 1. The molecule has 0 saturated heterocycles. The molecule has 0 saturated carbocycles. The monoisotopic (exact) mass is 457 g/mol.